The third-order valence-electron chi connectivity index (χ3n) is 3.47. The third-order valence-corrected chi connectivity index (χ3v) is 3.93. The Kier molecular flexibility index (Phi) is 5.22. The first-order valence-corrected chi connectivity index (χ1v) is 7.90. The summed E-state index contributed by atoms with van der Waals surface area (Å²) in [7, 11) is 0. The number of nitrogens with one attached hydrogen (secondary N) is 1. The van der Waals surface area contributed by atoms with Gasteiger partial charge < -0.3 is 15.1 Å². The number of carbonyl (C=O) groups is 2. The first kappa shape index (κ1) is 15.8. The molecule has 1 N–H and O–H groups in total. The Balaban J connectivity index is 1.98. The molecule has 1 aromatic rings. The third kappa shape index (κ3) is 3.97. The number of urea groups is 1. The Morgan fingerprint density at radius 3 is 2.33 bits per heavy atom. The summed E-state index contributed by atoms with van der Waals surface area (Å²) in [6.45, 7) is 6.77. The molecule has 0 spiro atoms. The topological polar surface area (TPSA) is 52.7 Å². The first-order valence-electron chi connectivity index (χ1n) is 7.10. The minimum Gasteiger partial charge on any atom is -0.338 e. The van der Waals surface area contributed by atoms with E-state index in [0.29, 0.717) is 38.3 Å². The summed E-state index contributed by atoms with van der Waals surface area (Å²) in [4.78, 5) is 27.8. The van der Waals surface area contributed by atoms with Crippen LogP contribution >= 0.6 is 15.9 Å². The highest BCUT2D eigenvalue weighted by Crippen LogP contribution is 2.17. The molecule has 0 saturated carbocycles. The van der Waals surface area contributed by atoms with Gasteiger partial charge in [0, 0.05) is 42.8 Å². The fraction of sp³-hybridized carbons (Fsp3) is 0.467. The second-order valence-corrected chi connectivity index (χ2v) is 6.05. The standard InChI is InChI=1S/C15H20BrN3O2/c1-3-17-15(21)19-6-4-18(5-7-19)14(20)12-8-11(2)9-13(16)10-12/h8-10H,3-7H2,1-2H3,(H,17,21). The maximum absolute atomic E-state index is 12.5. The van der Waals surface area contributed by atoms with Crippen molar-refractivity contribution in [2.75, 3.05) is 32.7 Å². The Labute approximate surface area is 133 Å². The smallest absolute Gasteiger partial charge is 0.317 e. The molecule has 5 nitrogen and oxygen atoms in total. The highest BCUT2D eigenvalue weighted by atomic mass is 79.9. The molecule has 21 heavy (non-hydrogen) atoms. The van der Waals surface area contributed by atoms with Crippen LogP contribution in [0.2, 0.25) is 0 Å². The average molecular weight is 354 g/mol. The van der Waals surface area contributed by atoms with Crippen LogP contribution in [0.1, 0.15) is 22.8 Å². The van der Waals surface area contributed by atoms with Gasteiger partial charge in [-0.3, -0.25) is 4.79 Å². The second kappa shape index (κ2) is 6.93. The van der Waals surface area contributed by atoms with Gasteiger partial charge >= 0.3 is 6.03 Å². The van der Waals surface area contributed by atoms with E-state index in [9.17, 15) is 9.59 Å². The van der Waals surface area contributed by atoms with Gasteiger partial charge in [0.1, 0.15) is 0 Å². The summed E-state index contributed by atoms with van der Waals surface area (Å²) in [6, 6.07) is 5.65. The van der Waals surface area contributed by atoms with Crippen LogP contribution in [0.25, 0.3) is 0 Å². The lowest BCUT2D eigenvalue weighted by Gasteiger charge is -2.34. The van der Waals surface area contributed by atoms with E-state index in [2.05, 4.69) is 21.2 Å². The number of benzene rings is 1. The fourth-order valence-corrected chi connectivity index (χ4v) is 3.03. The number of nitrogens with zero attached hydrogens (tertiary/aromatic N) is 2. The van der Waals surface area contributed by atoms with Crippen molar-refractivity contribution < 1.29 is 9.59 Å². The van der Waals surface area contributed by atoms with Gasteiger partial charge in [0.25, 0.3) is 5.91 Å². The molecule has 3 amide bonds. The quantitative estimate of drug-likeness (QED) is 0.886. The van der Waals surface area contributed by atoms with E-state index in [1.54, 1.807) is 9.80 Å². The minimum atomic E-state index is -0.0529. The number of aryl methyl sites for hydroxylation is 1. The highest BCUT2D eigenvalue weighted by Gasteiger charge is 2.24. The molecule has 0 unspecified atom stereocenters. The van der Waals surface area contributed by atoms with Crippen molar-refractivity contribution in [3.63, 3.8) is 0 Å². The summed E-state index contributed by atoms with van der Waals surface area (Å²) < 4.78 is 0.909. The van der Waals surface area contributed by atoms with E-state index < -0.39 is 0 Å². The van der Waals surface area contributed by atoms with Gasteiger partial charge in [-0.15, -0.1) is 0 Å². The molecule has 0 aromatic heterocycles. The van der Waals surface area contributed by atoms with Crippen molar-refractivity contribution >= 4 is 27.9 Å². The second-order valence-electron chi connectivity index (χ2n) is 5.13. The number of piperazine rings is 1. The molecule has 0 bridgehead atoms. The molecule has 114 valence electrons. The van der Waals surface area contributed by atoms with E-state index in [4.69, 9.17) is 0 Å². The maximum atomic E-state index is 12.5. The molecule has 0 aliphatic carbocycles. The zero-order chi connectivity index (χ0) is 15.4. The van der Waals surface area contributed by atoms with Crippen molar-refractivity contribution in [1.29, 1.82) is 0 Å². The highest BCUT2D eigenvalue weighted by molar-refractivity contribution is 9.10. The monoisotopic (exact) mass is 353 g/mol. The molecule has 1 saturated heterocycles. The van der Waals surface area contributed by atoms with Gasteiger partial charge in [-0.2, -0.15) is 0 Å². The zero-order valence-electron chi connectivity index (χ0n) is 12.4. The Bertz CT molecular complexity index is 519. The SMILES string of the molecule is CCNC(=O)N1CCN(C(=O)c2cc(C)cc(Br)c2)CC1. The maximum Gasteiger partial charge on any atom is 0.317 e. The lowest BCUT2D eigenvalue weighted by Crippen LogP contribution is -2.53. The van der Waals surface area contributed by atoms with Gasteiger partial charge in [0.15, 0.2) is 0 Å². The summed E-state index contributed by atoms with van der Waals surface area (Å²) in [6.07, 6.45) is 0. The van der Waals surface area contributed by atoms with Crippen molar-refractivity contribution in [3.05, 3.63) is 33.8 Å². The molecule has 6 heteroatoms. The molecule has 1 heterocycles. The largest absolute Gasteiger partial charge is 0.338 e. The molecule has 1 aromatic carbocycles. The molecular weight excluding hydrogens is 334 g/mol. The number of amides is 3. The normalized spacial score (nSPS) is 15.0. The molecule has 2 rings (SSSR count). The number of rotatable bonds is 2. The minimum absolute atomic E-state index is 0.0231. The number of hydrogen-bond acceptors (Lipinski definition) is 2. The van der Waals surface area contributed by atoms with Crippen LogP contribution in [0, 0.1) is 6.92 Å². The van der Waals surface area contributed by atoms with Crippen molar-refractivity contribution in [2.24, 2.45) is 0 Å². The molecule has 1 fully saturated rings. The molecule has 1 aliphatic heterocycles. The van der Waals surface area contributed by atoms with E-state index >= 15 is 0 Å². The van der Waals surface area contributed by atoms with Gasteiger partial charge in [0.05, 0.1) is 0 Å². The van der Waals surface area contributed by atoms with E-state index in [1.165, 1.54) is 0 Å². The van der Waals surface area contributed by atoms with E-state index in [1.807, 2.05) is 32.0 Å². The molecular formula is C15H20BrN3O2. The van der Waals surface area contributed by atoms with Crippen LogP contribution < -0.4 is 5.32 Å². The predicted octanol–water partition coefficient (Wildman–Crippen LogP) is 2.24. The Hall–Kier alpha value is -1.56. The van der Waals surface area contributed by atoms with Crippen molar-refractivity contribution in [3.8, 4) is 0 Å². The zero-order valence-corrected chi connectivity index (χ0v) is 13.9. The van der Waals surface area contributed by atoms with Crippen LogP contribution in [0.3, 0.4) is 0 Å². The first-order chi connectivity index (χ1) is 10.0. The number of hydrogen-bond donors (Lipinski definition) is 1. The molecule has 0 atom stereocenters. The molecule has 0 radical (unpaired) electrons. The summed E-state index contributed by atoms with van der Waals surface area (Å²) in [5.74, 6) is 0.0231. The van der Waals surface area contributed by atoms with E-state index in [-0.39, 0.29) is 11.9 Å². The fourth-order valence-electron chi connectivity index (χ4n) is 2.42. The van der Waals surface area contributed by atoms with Crippen LogP contribution in [0.4, 0.5) is 4.79 Å². The summed E-state index contributed by atoms with van der Waals surface area (Å²) >= 11 is 3.42. The van der Waals surface area contributed by atoms with Crippen molar-refractivity contribution in [2.45, 2.75) is 13.8 Å². The van der Waals surface area contributed by atoms with Gasteiger partial charge in [-0.1, -0.05) is 15.9 Å². The lowest BCUT2D eigenvalue weighted by atomic mass is 10.1. The van der Waals surface area contributed by atoms with Crippen LogP contribution in [0.15, 0.2) is 22.7 Å². The Morgan fingerprint density at radius 2 is 1.76 bits per heavy atom. The number of carbonyl (C=O) groups excluding carboxylic acids is 2. The Morgan fingerprint density at radius 1 is 1.14 bits per heavy atom. The van der Waals surface area contributed by atoms with E-state index in [0.717, 1.165) is 10.0 Å². The predicted molar refractivity (Wildman–Crippen MR) is 85.4 cm³/mol. The van der Waals surface area contributed by atoms with Crippen LogP contribution in [-0.2, 0) is 0 Å². The lowest BCUT2D eigenvalue weighted by molar-refractivity contribution is 0.0665. The summed E-state index contributed by atoms with van der Waals surface area (Å²) in [5, 5.41) is 2.78. The van der Waals surface area contributed by atoms with Crippen LogP contribution in [-0.4, -0.2) is 54.5 Å². The van der Waals surface area contributed by atoms with Crippen molar-refractivity contribution in [1.82, 2.24) is 15.1 Å². The van der Waals surface area contributed by atoms with Crippen LogP contribution in [0.5, 0.6) is 0 Å². The summed E-state index contributed by atoms with van der Waals surface area (Å²) in [5.41, 5.74) is 1.74. The average Bonchev–Trinajstić information content (AvgIpc) is 2.46. The van der Waals surface area contributed by atoms with Gasteiger partial charge in [-0.25, -0.2) is 4.79 Å². The number of halogens is 1. The van der Waals surface area contributed by atoms with Gasteiger partial charge in [-0.05, 0) is 37.6 Å². The molecule has 1 aliphatic rings. The van der Waals surface area contributed by atoms with Gasteiger partial charge in [0.2, 0.25) is 0 Å².